The lowest BCUT2D eigenvalue weighted by molar-refractivity contribution is 0.484. The molecule has 1 unspecified atom stereocenters. The summed E-state index contributed by atoms with van der Waals surface area (Å²) in [4.78, 5) is 0. The Morgan fingerprint density at radius 1 is 1.12 bits per heavy atom. The van der Waals surface area contributed by atoms with Gasteiger partial charge < -0.3 is 9.73 Å². The summed E-state index contributed by atoms with van der Waals surface area (Å²) in [5.41, 5.74) is -0.104. The van der Waals surface area contributed by atoms with Crippen LogP contribution in [0, 0.1) is 17.5 Å². The smallest absolute Gasteiger partial charge is 0.161 e. The molecular weight excluding hydrogens is 231 g/mol. The van der Waals surface area contributed by atoms with Crippen LogP contribution in [0.15, 0.2) is 34.9 Å². The zero-order chi connectivity index (χ0) is 12.4. The number of anilines is 1. The summed E-state index contributed by atoms with van der Waals surface area (Å²) >= 11 is 0. The van der Waals surface area contributed by atoms with Crippen LogP contribution in [-0.2, 0) is 0 Å². The van der Waals surface area contributed by atoms with Crippen LogP contribution in [0.1, 0.15) is 18.7 Å². The maximum Gasteiger partial charge on any atom is 0.161 e. The first-order valence-corrected chi connectivity index (χ1v) is 5.02. The Hall–Kier alpha value is -1.91. The molecule has 0 bridgehead atoms. The third-order valence-electron chi connectivity index (χ3n) is 2.35. The van der Waals surface area contributed by atoms with Crippen molar-refractivity contribution in [2.24, 2.45) is 0 Å². The average molecular weight is 241 g/mol. The van der Waals surface area contributed by atoms with Gasteiger partial charge in [-0.2, -0.15) is 0 Å². The lowest BCUT2D eigenvalue weighted by Crippen LogP contribution is -2.08. The molecule has 0 aliphatic rings. The van der Waals surface area contributed by atoms with Gasteiger partial charge in [0.1, 0.15) is 11.6 Å². The van der Waals surface area contributed by atoms with Crippen LogP contribution in [0.25, 0.3) is 0 Å². The number of benzene rings is 1. The second-order valence-corrected chi connectivity index (χ2v) is 3.63. The summed E-state index contributed by atoms with van der Waals surface area (Å²) in [5, 5.41) is 2.71. The van der Waals surface area contributed by atoms with E-state index in [-0.39, 0.29) is 11.7 Å². The second kappa shape index (κ2) is 4.53. The van der Waals surface area contributed by atoms with Gasteiger partial charge in [-0.3, -0.25) is 0 Å². The number of furan rings is 1. The highest BCUT2D eigenvalue weighted by Crippen LogP contribution is 2.23. The monoisotopic (exact) mass is 241 g/mol. The fourth-order valence-electron chi connectivity index (χ4n) is 1.48. The molecule has 2 nitrogen and oxygen atoms in total. The molecule has 2 aromatic rings. The second-order valence-electron chi connectivity index (χ2n) is 3.63. The Kier molecular flexibility index (Phi) is 3.08. The molecule has 0 saturated heterocycles. The molecule has 90 valence electrons. The highest BCUT2D eigenvalue weighted by molar-refractivity contribution is 5.46. The van der Waals surface area contributed by atoms with Gasteiger partial charge in [-0.15, -0.1) is 0 Å². The summed E-state index contributed by atoms with van der Waals surface area (Å²) in [6, 6.07) is 4.34. The van der Waals surface area contributed by atoms with Crippen molar-refractivity contribution in [3.63, 3.8) is 0 Å². The van der Waals surface area contributed by atoms with Crippen LogP contribution in [0.2, 0.25) is 0 Å². The molecule has 0 saturated carbocycles. The molecule has 5 heteroatoms. The van der Waals surface area contributed by atoms with Crippen molar-refractivity contribution in [2.45, 2.75) is 13.0 Å². The molecule has 0 aliphatic carbocycles. The Morgan fingerprint density at radius 3 is 2.47 bits per heavy atom. The fraction of sp³-hybridized carbons (Fsp3) is 0.167. The summed E-state index contributed by atoms with van der Waals surface area (Å²) in [6.07, 6.45) is 1.48. The van der Waals surface area contributed by atoms with E-state index in [1.54, 1.807) is 19.1 Å². The predicted molar refractivity (Wildman–Crippen MR) is 57.1 cm³/mol. The fourth-order valence-corrected chi connectivity index (χ4v) is 1.48. The summed E-state index contributed by atoms with van der Waals surface area (Å²) in [5.74, 6) is -2.57. The van der Waals surface area contributed by atoms with Gasteiger partial charge in [0, 0.05) is 12.1 Å². The molecule has 1 N–H and O–H groups in total. The van der Waals surface area contributed by atoms with Crippen LogP contribution < -0.4 is 5.32 Å². The molecule has 1 heterocycles. The van der Waals surface area contributed by atoms with Gasteiger partial charge >= 0.3 is 0 Å². The van der Waals surface area contributed by atoms with Crippen LogP contribution in [0.4, 0.5) is 18.9 Å². The predicted octanol–water partition coefficient (Wildman–Crippen LogP) is 3.87. The van der Waals surface area contributed by atoms with E-state index in [1.165, 1.54) is 6.26 Å². The van der Waals surface area contributed by atoms with Gasteiger partial charge in [0.2, 0.25) is 0 Å². The molecule has 0 radical (unpaired) electrons. The third kappa shape index (κ3) is 2.43. The van der Waals surface area contributed by atoms with Gasteiger partial charge in [-0.1, -0.05) is 0 Å². The Bertz CT molecular complexity index is 511. The number of halogens is 3. The normalized spacial score (nSPS) is 12.5. The molecule has 0 aliphatic heterocycles. The standard InChI is InChI=1S/C12H10F3NO/c1-7(12-3-2-4-17-12)16-11-6-9(14)8(13)5-10(11)15/h2-7,16H,1H3. The van der Waals surface area contributed by atoms with Crippen molar-refractivity contribution in [1.29, 1.82) is 0 Å². The van der Waals surface area contributed by atoms with E-state index in [4.69, 9.17) is 4.42 Å². The zero-order valence-electron chi connectivity index (χ0n) is 9.01. The quantitative estimate of drug-likeness (QED) is 0.825. The van der Waals surface area contributed by atoms with Crippen molar-refractivity contribution in [1.82, 2.24) is 0 Å². The highest BCUT2D eigenvalue weighted by Gasteiger charge is 2.13. The van der Waals surface area contributed by atoms with Crippen LogP contribution in [-0.4, -0.2) is 0 Å². The maximum absolute atomic E-state index is 13.3. The maximum atomic E-state index is 13.3. The minimum Gasteiger partial charge on any atom is -0.467 e. The van der Waals surface area contributed by atoms with E-state index in [1.807, 2.05) is 0 Å². The van der Waals surface area contributed by atoms with Gasteiger partial charge in [0.15, 0.2) is 11.6 Å². The van der Waals surface area contributed by atoms with Crippen molar-refractivity contribution in [2.75, 3.05) is 5.32 Å². The van der Waals surface area contributed by atoms with E-state index in [0.717, 1.165) is 6.07 Å². The Morgan fingerprint density at radius 2 is 1.82 bits per heavy atom. The Balaban J connectivity index is 2.22. The van der Waals surface area contributed by atoms with E-state index in [2.05, 4.69) is 5.32 Å². The topological polar surface area (TPSA) is 25.2 Å². The minimum absolute atomic E-state index is 0.104. The molecule has 1 aromatic carbocycles. The SMILES string of the molecule is CC(Nc1cc(F)c(F)cc1F)c1ccco1. The van der Waals surface area contributed by atoms with Crippen molar-refractivity contribution in [3.8, 4) is 0 Å². The van der Waals surface area contributed by atoms with Crippen LogP contribution in [0.3, 0.4) is 0 Å². The molecule has 0 spiro atoms. The van der Waals surface area contributed by atoms with Gasteiger partial charge in [-0.25, -0.2) is 13.2 Å². The molecule has 1 atom stereocenters. The van der Waals surface area contributed by atoms with Crippen LogP contribution in [0.5, 0.6) is 0 Å². The minimum atomic E-state index is -1.21. The third-order valence-corrected chi connectivity index (χ3v) is 2.35. The molecule has 1 aromatic heterocycles. The van der Waals surface area contributed by atoms with Gasteiger partial charge in [0.05, 0.1) is 18.0 Å². The number of rotatable bonds is 3. The first kappa shape index (κ1) is 11.6. The lowest BCUT2D eigenvalue weighted by Gasteiger charge is -2.13. The van der Waals surface area contributed by atoms with E-state index >= 15 is 0 Å². The first-order valence-electron chi connectivity index (χ1n) is 5.02. The summed E-state index contributed by atoms with van der Waals surface area (Å²) < 4.78 is 44.1. The highest BCUT2D eigenvalue weighted by atomic mass is 19.2. The molecular formula is C12H10F3NO. The van der Waals surface area contributed by atoms with E-state index in [0.29, 0.717) is 11.8 Å². The molecule has 17 heavy (non-hydrogen) atoms. The first-order chi connectivity index (χ1) is 8.08. The van der Waals surface area contributed by atoms with Gasteiger partial charge in [-0.05, 0) is 19.1 Å². The Labute approximate surface area is 96.1 Å². The summed E-state index contributed by atoms with van der Waals surface area (Å²) in [6.45, 7) is 1.72. The van der Waals surface area contributed by atoms with Crippen molar-refractivity contribution in [3.05, 3.63) is 53.7 Å². The number of nitrogens with one attached hydrogen (secondary N) is 1. The number of hydrogen-bond acceptors (Lipinski definition) is 2. The molecule has 2 rings (SSSR count). The largest absolute Gasteiger partial charge is 0.467 e. The van der Waals surface area contributed by atoms with Crippen molar-refractivity contribution < 1.29 is 17.6 Å². The van der Waals surface area contributed by atoms with Crippen LogP contribution >= 0.6 is 0 Å². The van der Waals surface area contributed by atoms with E-state index in [9.17, 15) is 13.2 Å². The zero-order valence-corrected chi connectivity index (χ0v) is 9.01. The molecule has 0 fully saturated rings. The van der Waals surface area contributed by atoms with Gasteiger partial charge in [0.25, 0.3) is 0 Å². The lowest BCUT2D eigenvalue weighted by atomic mass is 10.2. The summed E-state index contributed by atoms with van der Waals surface area (Å²) in [7, 11) is 0. The average Bonchev–Trinajstić information content (AvgIpc) is 2.79. The van der Waals surface area contributed by atoms with Crippen molar-refractivity contribution >= 4 is 5.69 Å². The molecule has 0 amide bonds. The number of hydrogen-bond donors (Lipinski definition) is 1. The van der Waals surface area contributed by atoms with E-state index < -0.39 is 17.5 Å².